The summed E-state index contributed by atoms with van der Waals surface area (Å²) in [5.74, 6) is 0. The van der Waals surface area contributed by atoms with Gasteiger partial charge >= 0.3 is 6.01 Å². The minimum Gasteiger partial charge on any atom is -0.453 e. The largest absolute Gasteiger partial charge is 0.453 e. The molecule has 0 spiro atoms. The van der Waals surface area contributed by atoms with E-state index in [1.165, 1.54) is 16.4 Å². The normalized spacial score (nSPS) is 24.2. The van der Waals surface area contributed by atoms with Crippen molar-refractivity contribution in [1.82, 2.24) is 9.55 Å². The van der Waals surface area contributed by atoms with Crippen molar-refractivity contribution in [2.24, 2.45) is 0 Å². The quantitative estimate of drug-likeness (QED) is 0.581. The van der Waals surface area contributed by atoms with Crippen LogP contribution < -0.4 is 20.7 Å². The van der Waals surface area contributed by atoms with Crippen molar-refractivity contribution >= 4 is 18.7 Å². The van der Waals surface area contributed by atoms with Gasteiger partial charge in [-0.05, 0) is 15.4 Å². The second kappa shape index (κ2) is 8.21. The summed E-state index contributed by atoms with van der Waals surface area (Å²) in [6, 6.07) is 22.2. The van der Waals surface area contributed by atoms with E-state index in [9.17, 15) is 9.90 Å². The predicted octanol–water partition coefficient (Wildman–Crippen LogP) is 1.84. The van der Waals surface area contributed by atoms with Gasteiger partial charge in [-0.2, -0.15) is 4.98 Å². The third kappa shape index (κ3) is 3.63. The molecule has 2 aromatic carbocycles. The molecule has 3 heterocycles. The molecule has 0 radical (unpaired) electrons. The Kier molecular flexibility index (Phi) is 5.48. The van der Waals surface area contributed by atoms with E-state index in [1.807, 2.05) is 36.4 Å². The van der Waals surface area contributed by atoms with Crippen LogP contribution in [0.2, 0.25) is 5.04 Å². The van der Waals surface area contributed by atoms with E-state index in [0.29, 0.717) is 0 Å². The zero-order valence-corrected chi connectivity index (χ0v) is 19.9. The van der Waals surface area contributed by atoms with E-state index in [2.05, 4.69) is 50.0 Å². The maximum Gasteiger partial charge on any atom is 0.302 e. The third-order valence-corrected chi connectivity index (χ3v) is 11.5. The van der Waals surface area contributed by atoms with Crippen LogP contribution in [0.25, 0.3) is 0 Å². The van der Waals surface area contributed by atoms with Gasteiger partial charge in [-0.3, -0.25) is 9.36 Å². The van der Waals surface area contributed by atoms with Gasteiger partial charge < -0.3 is 19.0 Å². The molecule has 4 unspecified atom stereocenters. The molecule has 3 aromatic rings. The summed E-state index contributed by atoms with van der Waals surface area (Å²) in [5, 5.41) is 13.2. The summed E-state index contributed by atoms with van der Waals surface area (Å²) in [6.45, 7) is 6.84. The van der Waals surface area contributed by atoms with Crippen molar-refractivity contribution in [2.75, 3.05) is 6.61 Å². The summed E-state index contributed by atoms with van der Waals surface area (Å²) >= 11 is 0. The van der Waals surface area contributed by atoms with Crippen molar-refractivity contribution < 1.29 is 19.0 Å². The Morgan fingerprint density at radius 1 is 1.03 bits per heavy atom. The Morgan fingerprint density at radius 2 is 1.64 bits per heavy atom. The van der Waals surface area contributed by atoms with E-state index in [4.69, 9.17) is 13.9 Å². The molecule has 1 saturated heterocycles. The topological polar surface area (TPSA) is 82.8 Å². The number of hydrogen-bond donors (Lipinski definition) is 1. The van der Waals surface area contributed by atoms with Gasteiger partial charge in [0.25, 0.3) is 13.9 Å². The highest BCUT2D eigenvalue weighted by molar-refractivity contribution is 6.99. The zero-order valence-electron chi connectivity index (χ0n) is 18.9. The Bertz CT molecular complexity index is 1140. The maximum absolute atomic E-state index is 11.5. The number of hydrogen-bond acceptors (Lipinski definition) is 6. The molecule has 2 aliphatic heterocycles. The van der Waals surface area contributed by atoms with Gasteiger partial charge in [0.1, 0.15) is 12.2 Å². The summed E-state index contributed by atoms with van der Waals surface area (Å²) < 4.78 is 20.5. The molecular weight excluding hydrogens is 436 g/mol. The molecule has 0 saturated carbocycles. The lowest BCUT2D eigenvalue weighted by Crippen LogP contribution is -2.67. The Balaban J connectivity index is 1.47. The molecule has 8 heteroatoms. The highest BCUT2D eigenvalue weighted by atomic mass is 28.4. The van der Waals surface area contributed by atoms with Crippen LogP contribution in [-0.2, 0) is 9.16 Å². The highest BCUT2D eigenvalue weighted by Crippen LogP contribution is 2.41. The van der Waals surface area contributed by atoms with Crippen molar-refractivity contribution in [3.63, 3.8) is 0 Å². The molecule has 33 heavy (non-hydrogen) atoms. The summed E-state index contributed by atoms with van der Waals surface area (Å²) in [4.78, 5) is 15.4. The smallest absolute Gasteiger partial charge is 0.302 e. The molecule has 172 valence electrons. The van der Waals surface area contributed by atoms with Gasteiger partial charge in [-0.25, -0.2) is 0 Å². The number of benzene rings is 2. The molecule has 1 aromatic heterocycles. The van der Waals surface area contributed by atoms with Crippen LogP contribution in [-0.4, -0.2) is 47.9 Å². The van der Waals surface area contributed by atoms with Gasteiger partial charge in [0, 0.05) is 12.3 Å². The number of rotatable bonds is 5. The molecule has 4 atom stereocenters. The molecule has 5 rings (SSSR count). The average Bonchev–Trinajstić information content (AvgIpc) is 3.30. The minimum atomic E-state index is -2.75. The van der Waals surface area contributed by atoms with Gasteiger partial charge in [0.05, 0.1) is 6.61 Å². The van der Waals surface area contributed by atoms with E-state index in [1.54, 1.807) is 10.8 Å². The van der Waals surface area contributed by atoms with Crippen LogP contribution in [0.5, 0.6) is 6.01 Å². The van der Waals surface area contributed by atoms with E-state index in [-0.39, 0.29) is 23.2 Å². The molecule has 1 N–H and O–H groups in total. The van der Waals surface area contributed by atoms with Crippen LogP contribution in [0, 0.1) is 0 Å². The number of nitrogens with zero attached hydrogens (tertiary/aromatic N) is 2. The highest BCUT2D eigenvalue weighted by Gasteiger charge is 2.54. The second-order valence-corrected chi connectivity index (χ2v) is 13.9. The fourth-order valence-corrected chi connectivity index (χ4v) is 9.55. The lowest BCUT2D eigenvalue weighted by Gasteiger charge is -2.43. The number of aliphatic hydroxyl groups is 1. The lowest BCUT2D eigenvalue weighted by molar-refractivity contribution is -0.0401. The van der Waals surface area contributed by atoms with Crippen molar-refractivity contribution in [3.05, 3.63) is 83.3 Å². The van der Waals surface area contributed by atoms with Gasteiger partial charge in [-0.1, -0.05) is 81.4 Å². The van der Waals surface area contributed by atoms with Crippen molar-refractivity contribution in [1.29, 1.82) is 0 Å². The van der Waals surface area contributed by atoms with E-state index >= 15 is 0 Å². The van der Waals surface area contributed by atoms with Gasteiger partial charge in [-0.15, -0.1) is 0 Å². The fraction of sp³-hybridized carbons (Fsp3) is 0.360. The van der Waals surface area contributed by atoms with E-state index < -0.39 is 32.9 Å². The number of ether oxygens (including phenoxy) is 2. The monoisotopic (exact) mass is 464 g/mol. The van der Waals surface area contributed by atoms with Crippen LogP contribution in [0.4, 0.5) is 0 Å². The first-order valence-corrected chi connectivity index (χ1v) is 13.1. The van der Waals surface area contributed by atoms with Crippen LogP contribution in [0.1, 0.15) is 27.0 Å². The van der Waals surface area contributed by atoms with Crippen molar-refractivity contribution in [2.45, 2.75) is 50.3 Å². The molecule has 0 bridgehead atoms. The third-order valence-electron chi connectivity index (χ3n) is 6.51. The maximum atomic E-state index is 11.5. The van der Waals surface area contributed by atoms with Gasteiger partial charge in [0.2, 0.25) is 0 Å². The minimum absolute atomic E-state index is 0.169. The first-order valence-electron chi connectivity index (χ1n) is 11.2. The zero-order chi connectivity index (χ0) is 23.2. The summed E-state index contributed by atoms with van der Waals surface area (Å²) in [7, 11) is -2.75. The Morgan fingerprint density at radius 3 is 2.21 bits per heavy atom. The second-order valence-electron chi connectivity index (χ2n) is 9.57. The fourth-order valence-electron chi connectivity index (χ4n) is 4.98. The van der Waals surface area contributed by atoms with Crippen molar-refractivity contribution in [3.8, 4) is 6.01 Å². The standard InChI is InChI=1S/C25H28N2O5Si/c1-25(2,3)33(17-10-6-4-7-11-17,18-12-8-5-9-13-18)30-16-19-21(29)22-23(31-19)27-15-14-20(28)26-24(27)32-22/h4-15,19,21-23,29H,16H2,1-3H3. The van der Waals surface area contributed by atoms with Crippen LogP contribution in [0.15, 0.2) is 77.7 Å². The lowest BCUT2D eigenvalue weighted by atomic mass is 10.1. The number of aliphatic hydroxyl groups excluding tert-OH is 1. The molecule has 0 aliphatic carbocycles. The molecule has 7 nitrogen and oxygen atoms in total. The van der Waals surface area contributed by atoms with Gasteiger partial charge in [0.15, 0.2) is 12.3 Å². The molecular formula is C25H28N2O5Si. The summed E-state index contributed by atoms with van der Waals surface area (Å²) in [6.07, 6.45) is -1.07. The average molecular weight is 465 g/mol. The Hall–Kier alpha value is -2.78. The number of aromatic nitrogens is 2. The number of fused-ring (bicyclic) bond motifs is 3. The Labute approximate surface area is 193 Å². The molecule has 2 aliphatic rings. The van der Waals surface area contributed by atoms with Crippen LogP contribution >= 0.6 is 0 Å². The predicted molar refractivity (Wildman–Crippen MR) is 126 cm³/mol. The summed E-state index contributed by atoms with van der Waals surface area (Å²) in [5.41, 5.74) is -0.387. The van der Waals surface area contributed by atoms with Crippen LogP contribution in [0.3, 0.4) is 0 Å². The molecule has 0 amide bonds. The first kappa shape index (κ1) is 22.0. The SMILES string of the molecule is CC(C)(C)[Si](OCC1OC2C(Oc3nc(=O)ccn32)C1O)(c1ccccc1)c1ccccc1. The first-order chi connectivity index (χ1) is 15.8. The molecule has 1 fully saturated rings. The van der Waals surface area contributed by atoms with E-state index in [0.717, 1.165) is 0 Å².